The Morgan fingerprint density at radius 2 is 1.93 bits per heavy atom. The highest BCUT2D eigenvalue weighted by Crippen LogP contribution is 2.21. The lowest BCUT2D eigenvalue weighted by Gasteiger charge is -2.20. The second-order valence-electron chi connectivity index (χ2n) is 4.17. The monoisotopic (exact) mass is 209 g/mol. The van der Waals surface area contributed by atoms with Crippen LogP contribution in [0, 0.1) is 5.92 Å². The van der Waals surface area contributed by atoms with Gasteiger partial charge in [0.2, 0.25) is 0 Å². The number of nitrogens with two attached hydrogens (primary N) is 1. The van der Waals surface area contributed by atoms with Crippen LogP contribution in [0.25, 0.3) is 0 Å². The molecule has 2 heterocycles. The zero-order valence-corrected chi connectivity index (χ0v) is 9.08. The van der Waals surface area contributed by atoms with E-state index in [2.05, 4.69) is 6.07 Å². The average molecular weight is 209 g/mol. The zero-order chi connectivity index (χ0) is 10.5. The molecular formula is C12H19NO2. The third kappa shape index (κ3) is 3.08. The summed E-state index contributed by atoms with van der Waals surface area (Å²) in [7, 11) is 0. The van der Waals surface area contributed by atoms with Crippen LogP contribution < -0.4 is 5.73 Å². The van der Waals surface area contributed by atoms with E-state index in [0.29, 0.717) is 6.54 Å². The lowest BCUT2D eigenvalue weighted by atomic mass is 9.95. The maximum Gasteiger partial charge on any atom is 0.105 e. The van der Waals surface area contributed by atoms with Crippen molar-refractivity contribution in [2.75, 3.05) is 19.8 Å². The Morgan fingerprint density at radius 3 is 2.67 bits per heavy atom. The molecule has 15 heavy (non-hydrogen) atoms. The zero-order valence-electron chi connectivity index (χ0n) is 9.08. The van der Waals surface area contributed by atoms with Gasteiger partial charge in [0.1, 0.15) is 11.5 Å². The molecule has 2 rings (SSSR count). The summed E-state index contributed by atoms with van der Waals surface area (Å²) in [6.07, 6.45) is 4.21. The van der Waals surface area contributed by atoms with E-state index in [4.69, 9.17) is 14.9 Å². The Bertz CT molecular complexity index is 290. The van der Waals surface area contributed by atoms with Crippen LogP contribution in [-0.2, 0) is 17.6 Å². The van der Waals surface area contributed by atoms with Crippen LogP contribution in [0.15, 0.2) is 16.5 Å². The van der Waals surface area contributed by atoms with Crippen molar-refractivity contribution in [3.8, 4) is 0 Å². The number of hydrogen-bond donors (Lipinski definition) is 1. The Balaban J connectivity index is 1.86. The van der Waals surface area contributed by atoms with Crippen LogP contribution in [0.5, 0.6) is 0 Å². The van der Waals surface area contributed by atoms with Gasteiger partial charge < -0.3 is 14.9 Å². The highest BCUT2D eigenvalue weighted by molar-refractivity contribution is 5.08. The highest BCUT2D eigenvalue weighted by Gasteiger charge is 2.15. The molecule has 2 N–H and O–H groups in total. The molecule has 1 fully saturated rings. The molecule has 0 radical (unpaired) electrons. The number of hydrogen-bond acceptors (Lipinski definition) is 3. The first-order valence-electron chi connectivity index (χ1n) is 5.74. The first kappa shape index (κ1) is 10.7. The van der Waals surface area contributed by atoms with Crippen molar-refractivity contribution >= 4 is 0 Å². The summed E-state index contributed by atoms with van der Waals surface area (Å²) < 4.78 is 11.0. The van der Waals surface area contributed by atoms with Gasteiger partial charge in [0.25, 0.3) is 0 Å². The SMILES string of the molecule is NCCc1ccc(CC2CCOCC2)o1. The highest BCUT2D eigenvalue weighted by atomic mass is 16.5. The molecule has 1 aromatic heterocycles. The Morgan fingerprint density at radius 1 is 1.20 bits per heavy atom. The smallest absolute Gasteiger partial charge is 0.105 e. The van der Waals surface area contributed by atoms with E-state index < -0.39 is 0 Å². The fraction of sp³-hybridized carbons (Fsp3) is 0.667. The summed E-state index contributed by atoms with van der Waals surface area (Å²) in [5.41, 5.74) is 5.48. The van der Waals surface area contributed by atoms with Crippen LogP contribution in [0.2, 0.25) is 0 Å². The molecule has 0 aliphatic carbocycles. The molecule has 0 bridgehead atoms. The van der Waals surface area contributed by atoms with Gasteiger partial charge in [-0.3, -0.25) is 0 Å². The first-order chi connectivity index (χ1) is 7.38. The normalized spacial score (nSPS) is 18.2. The second kappa shape index (κ2) is 5.33. The van der Waals surface area contributed by atoms with E-state index in [1.54, 1.807) is 0 Å². The lowest BCUT2D eigenvalue weighted by molar-refractivity contribution is 0.0650. The van der Waals surface area contributed by atoms with Gasteiger partial charge in [-0.1, -0.05) is 0 Å². The molecule has 1 aliphatic rings. The van der Waals surface area contributed by atoms with E-state index >= 15 is 0 Å². The summed E-state index contributed by atoms with van der Waals surface area (Å²) in [5, 5.41) is 0. The third-order valence-electron chi connectivity index (χ3n) is 2.94. The van der Waals surface area contributed by atoms with Crippen molar-refractivity contribution in [1.29, 1.82) is 0 Å². The maximum atomic E-state index is 5.71. The topological polar surface area (TPSA) is 48.4 Å². The summed E-state index contributed by atoms with van der Waals surface area (Å²) in [6, 6.07) is 4.13. The summed E-state index contributed by atoms with van der Waals surface area (Å²) in [6.45, 7) is 2.46. The van der Waals surface area contributed by atoms with Crippen molar-refractivity contribution in [3.05, 3.63) is 23.7 Å². The van der Waals surface area contributed by atoms with Crippen LogP contribution >= 0.6 is 0 Å². The molecule has 0 amide bonds. The van der Waals surface area contributed by atoms with Gasteiger partial charge in [-0.25, -0.2) is 0 Å². The largest absolute Gasteiger partial charge is 0.466 e. The minimum atomic E-state index is 0.657. The molecule has 1 aromatic rings. The van der Waals surface area contributed by atoms with Gasteiger partial charge in [0, 0.05) is 26.1 Å². The van der Waals surface area contributed by atoms with Gasteiger partial charge in [-0.05, 0) is 37.4 Å². The molecule has 0 spiro atoms. The van der Waals surface area contributed by atoms with Crippen molar-refractivity contribution in [3.63, 3.8) is 0 Å². The standard InChI is InChI=1S/C12H19NO2/c13-6-3-11-1-2-12(15-11)9-10-4-7-14-8-5-10/h1-2,10H,3-9,13H2. The minimum absolute atomic E-state index is 0.657. The van der Waals surface area contributed by atoms with Crippen LogP contribution in [0.3, 0.4) is 0 Å². The van der Waals surface area contributed by atoms with Crippen LogP contribution in [-0.4, -0.2) is 19.8 Å². The van der Waals surface area contributed by atoms with E-state index in [-0.39, 0.29) is 0 Å². The fourth-order valence-electron chi connectivity index (χ4n) is 2.04. The van der Waals surface area contributed by atoms with Gasteiger partial charge in [-0.2, -0.15) is 0 Å². The predicted octanol–water partition coefficient (Wildman–Crippen LogP) is 1.75. The number of rotatable bonds is 4. The third-order valence-corrected chi connectivity index (χ3v) is 2.94. The van der Waals surface area contributed by atoms with Crippen molar-refractivity contribution in [2.45, 2.75) is 25.7 Å². The second-order valence-corrected chi connectivity index (χ2v) is 4.17. The molecule has 1 saturated heterocycles. The quantitative estimate of drug-likeness (QED) is 0.821. The molecule has 0 aromatic carbocycles. The number of ether oxygens (including phenoxy) is 1. The van der Waals surface area contributed by atoms with E-state index in [1.807, 2.05) is 6.07 Å². The van der Waals surface area contributed by atoms with Gasteiger partial charge in [-0.15, -0.1) is 0 Å². The maximum absolute atomic E-state index is 5.71. The minimum Gasteiger partial charge on any atom is -0.466 e. The Kier molecular flexibility index (Phi) is 3.80. The summed E-state index contributed by atoms with van der Waals surface area (Å²) in [4.78, 5) is 0. The van der Waals surface area contributed by atoms with Gasteiger partial charge in [0.15, 0.2) is 0 Å². The Labute approximate surface area is 90.6 Å². The lowest BCUT2D eigenvalue weighted by Crippen LogP contribution is -2.17. The molecule has 1 aliphatic heterocycles. The van der Waals surface area contributed by atoms with Crippen molar-refractivity contribution < 1.29 is 9.15 Å². The molecule has 84 valence electrons. The fourth-order valence-corrected chi connectivity index (χ4v) is 2.04. The van der Waals surface area contributed by atoms with Gasteiger partial charge >= 0.3 is 0 Å². The summed E-state index contributed by atoms with van der Waals surface area (Å²) in [5.74, 6) is 2.85. The molecule has 3 heteroatoms. The van der Waals surface area contributed by atoms with E-state index in [0.717, 1.165) is 56.3 Å². The molecule has 3 nitrogen and oxygen atoms in total. The van der Waals surface area contributed by atoms with Crippen LogP contribution in [0.4, 0.5) is 0 Å². The molecule has 0 unspecified atom stereocenters. The number of furan rings is 1. The predicted molar refractivity (Wildman–Crippen MR) is 58.7 cm³/mol. The molecule has 0 atom stereocenters. The molecule has 0 saturated carbocycles. The van der Waals surface area contributed by atoms with Crippen molar-refractivity contribution in [1.82, 2.24) is 0 Å². The Hall–Kier alpha value is -0.800. The first-order valence-corrected chi connectivity index (χ1v) is 5.74. The molecular weight excluding hydrogens is 190 g/mol. The van der Waals surface area contributed by atoms with E-state index in [1.165, 1.54) is 0 Å². The average Bonchev–Trinajstić information content (AvgIpc) is 2.68. The van der Waals surface area contributed by atoms with Crippen molar-refractivity contribution in [2.24, 2.45) is 11.7 Å². The van der Waals surface area contributed by atoms with E-state index in [9.17, 15) is 0 Å². The van der Waals surface area contributed by atoms with Gasteiger partial charge in [0.05, 0.1) is 0 Å². The summed E-state index contributed by atoms with van der Waals surface area (Å²) >= 11 is 0. The van der Waals surface area contributed by atoms with Crippen LogP contribution in [0.1, 0.15) is 24.4 Å².